The third kappa shape index (κ3) is 5.14. The number of benzene rings is 1. The number of thiophene rings is 1. The summed E-state index contributed by atoms with van der Waals surface area (Å²) < 4.78 is 56.3. The Morgan fingerprint density at radius 1 is 1.27 bits per heavy atom. The summed E-state index contributed by atoms with van der Waals surface area (Å²) in [5.41, 5.74) is 5.62. The molecule has 0 unspecified atom stereocenters. The number of hydrogen-bond acceptors (Lipinski definition) is 10. The Balaban J connectivity index is 1.85. The van der Waals surface area contributed by atoms with E-state index >= 15 is 0 Å². The standard InChI is InChI=1S/C20H20FN3O7S2/c1-2-30-20(26)17-14(13(10-22)18(23)32-17)11-31-19(25)12-3-4-15(21)16(9-12)33(27,28)24-5-7-29-8-6-24/h3-4,9H,2,5-8,11,23H2,1H3. The van der Waals surface area contributed by atoms with Gasteiger partial charge in [-0.25, -0.2) is 22.4 Å². The van der Waals surface area contributed by atoms with Crippen LogP contribution in [0, 0.1) is 17.1 Å². The molecule has 176 valence electrons. The molecule has 10 nitrogen and oxygen atoms in total. The Hall–Kier alpha value is -3.05. The van der Waals surface area contributed by atoms with Gasteiger partial charge >= 0.3 is 11.9 Å². The summed E-state index contributed by atoms with van der Waals surface area (Å²) in [6, 6.07) is 4.69. The summed E-state index contributed by atoms with van der Waals surface area (Å²) >= 11 is 0.829. The molecule has 0 amide bonds. The van der Waals surface area contributed by atoms with Gasteiger partial charge < -0.3 is 19.9 Å². The normalized spacial score (nSPS) is 14.5. The molecule has 2 N–H and O–H groups in total. The van der Waals surface area contributed by atoms with Gasteiger partial charge in [0.25, 0.3) is 0 Å². The van der Waals surface area contributed by atoms with Gasteiger partial charge in [0.1, 0.15) is 33.3 Å². The van der Waals surface area contributed by atoms with Crippen molar-refractivity contribution in [2.75, 3.05) is 38.6 Å². The second-order valence-electron chi connectivity index (χ2n) is 6.72. The summed E-state index contributed by atoms with van der Waals surface area (Å²) in [4.78, 5) is 24.1. The van der Waals surface area contributed by atoms with Gasteiger partial charge in [0, 0.05) is 18.7 Å². The highest BCUT2D eigenvalue weighted by Gasteiger charge is 2.30. The first kappa shape index (κ1) is 24.6. The third-order valence-electron chi connectivity index (χ3n) is 4.71. The highest BCUT2D eigenvalue weighted by molar-refractivity contribution is 7.89. The molecule has 2 heterocycles. The maximum absolute atomic E-state index is 14.4. The van der Waals surface area contributed by atoms with Gasteiger partial charge in [-0.15, -0.1) is 11.3 Å². The lowest BCUT2D eigenvalue weighted by Crippen LogP contribution is -2.41. The second kappa shape index (κ2) is 10.3. The molecule has 3 rings (SSSR count). The van der Waals surface area contributed by atoms with Crippen LogP contribution < -0.4 is 5.73 Å². The number of carbonyl (C=O) groups is 2. The molecule has 1 aromatic carbocycles. The number of halogens is 1. The van der Waals surface area contributed by atoms with E-state index in [1.54, 1.807) is 6.92 Å². The van der Waals surface area contributed by atoms with E-state index < -0.39 is 39.3 Å². The van der Waals surface area contributed by atoms with E-state index in [4.69, 9.17) is 19.9 Å². The number of sulfonamides is 1. The molecule has 1 fully saturated rings. The molecule has 0 saturated carbocycles. The number of rotatable bonds is 7. The minimum atomic E-state index is -4.20. The summed E-state index contributed by atoms with van der Waals surface area (Å²) in [5.74, 6) is -2.71. The number of carbonyl (C=O) groups excluding carboxylic acids is 2. The molecule has 0 radical (unpaired) electrons. The minimum Gasteiger partial charge on any atom is -0.462 e. The van der Waals surface area contributed by atoms with Crippen molar-refractivity contribution in [3.63, 3.8) is 0 Å². The van der Waals surface area contributed by atoms with E-state index in [9.17, 15) is 27.7 Å². The van der Waals surface area contributed by atoms with Crippen molar-refractivity contribution in [3.8, 4) is 6.07 Å². The fourth-order valence-corrected chi connectivity index (χ4v) is 5.50. The molecule has 0 atom stereocenters. The van der Waals surface area contributed by atoms with Crippen LogP contribution in [0.15, 0.2) is 23.1 Å². The van der Waals surface area contributed by atoms with Crippen LogP contribution in [0.2, 0.25) is 0 Å². The van der Waals surface area contributed by atoms with Gasteiger partial charge in [-0.05, 0) is 25.1 Å². The predicted octanol–water partition coefficient (Wildman–Crippen LogP) is 1.90. The molecule has 1 saturated heterocycles. The third-order valence-corrected chi connectivity index (χ3v) is 7.66. The molecular formula is C20H20FN3O7S2. The second-order valence-corrected chi connectivity index (χ2v) is 9.68. The molecular weight excluding hydrogens is 477 g/mol. The van der Waals surface area contributed by atoms with E-state index in [0.29, 0.717) is 0 Å². The SMILES string of the molecule is CCOC(=O)c1sc(N)c(C#N)c1COC(=O)c1ccc(F)c(S(=O)(=O)N2CCOCC2)c1. The van der Waals surface area contributed by atoms with Gasteiger partial charge in [0.05, 0.1) is 30.9 Å². The molecule has 0 spiro atoms. The van der Waals surface area contributed by atoms with Crippen molar-refractivity contribution in [1.29, 1.82) is 5.26 Å². The van der Waals surface area contributed by atoms with Crippen LogP contribution >= 0.6 is 11.3 Å². The van der Waals surface area contributed by atoms with Crippen LogP contribution in [0.5, 0.6) is 0 Å². The van der Waals surface area contributed by atoms with Gasteiger partial charge in [0.15, 0.2) is 0 Å². The van der Waals surface area contributed by atoms with Gasteiger partial charge in [-0.2, -0.15) is 9.57 Å². The van der Waals surface area contributed by atoms with E-state index in [1.807, 2.05) is 6.07 Å². The Morgan fingerprint density at radius 3 is 2.61 bits per heavy atom. The summed E-state index contributed by atoms with van der Waals surface area (Å²) in [6.45, 7) is 1.68. The maximum atomic E-state index is 14.4. The Kier molecular flexibility index (Phi) is 7.65. The van der Waals surface area contributed by atoms with Crippen molar-refractivity contribution in [2.45, 2.75) is 18.4 Å². The van der Waals surface area contributed by atoms with Crippen LogP contribution in [0.3, 0.4) is 0 Å². The first-order valence-electron chi connectivity index (χ1n) is 9.73. The smallest absolute Gasteiger partial charge is 0.348 e. The highest BCUT2D eigenvalue weighted by Crippen LogP contribution is 2.32. The first-order valence-corrected chi connectivity index (χ1v) is 12.0. The van der Waals surface area contributed by atoms with Crippen LogP contribution in [0.1, 0.15) is 38.1 Å². The number of esters is 2. The van der Waals surface area contributed by atoms with Crippen LogP contribution in [-0.4, -0.2) is 57.6 Å². The van der Waals surface area contributed by atoms with Gasteiger partial charge in [-0.1, -0.05) is 0 Å². The molecule has 13 heteroatoms. The average Bonchev–Trinajstić information content (AvgIpc) is 3.13. The molecule has 1 aliphatic heterocycles. The van der Waals surface area contributed by atoms with Crippen molar-refractivity contribution in [3.05, 3.63) is 45.6 Å². The Labute approximate surface area is 193 Å². The van der Waals surface area contributed by atoms with Crippen LogP contribution in [-0.2, 0) is 30.8 Å². The number of morpholine rings is 1. The minimum absolute atomic E-state index is 0.0217. The zero-order chi connectivity index (χ0) is 24.2. The predicted molar refractivity (Wildman–Crippen MR) is 115 cm³/mol. The number of nitrogen functional groups attached to an aromatic ring is 1. The van der Waals surface area contributed by atoms with Crippen LogP contribution in [0.25, 0.3) is 0 Å². The zero-order valence-electron chi connectivity index (χ0n) is 17.5. The van der Waals surface area contributed by atoms with Crippen LogP contribution in [0.4, 0.5) is 9.39 Å². The summed E-state index contributed by atoms with van der Waals surface area (Å²) in [6.07, 6.45) is 0. The molecule has 0 aliphatic carbocycles. The Morgan fingerprint density at radius 2 is 1.97 bits per heavy atom. The summed E-state index contributed by atoms with van der Waals surface area (Å²) in [5, 5.41) is 9.41. The van der Waals surface area contributed by atoms with Crippen molar-refractivity contribution >= 4 is 38.3 Å². The van der Waals surface area contributed by atoms with Crippen molar-refractivity contribution in [1.82, 2.24) is 4.31 Å². The monoisotopic (exact) mass is 497 g/mol. The molecule has 0 bridgehead atoms. The summed E-state index contributed by atoms with van der Waals surface area (Å²) in [7, 11) is -4.20. The number of anilines is 1. The lowest BCUT2D eigenvalue weighted by atomic mass is 10.1. The largest absolute Gasteiger partial charge is 0.462 e. The number of nitrogens with zero attached hydrogens (tertiary/aromatic N) is 2. The number of hydrogen-bond donors (Lipinski definition) is 1. The molecule has 1 aromatic heterocycles. The van der Waals surface area contributed by atoms with E-state index in [1.165, 1.54) is 0 Å². The maximum Gasteiger partial charge on any atom is 0.348 e. The first-order chi connectivity index (χ1) is 15.7. The quantitative estimate of drug-likeness (QED) is 0.566. The molecule has 33 heavy (non-hydrogen) atoms. The van der Waals surface area contributed by atoms with E-state index in [-0.39, 0.29) is 59.5 Å². The van der Waals surface area contributed by atoms with E-state index in [0.717, 1.165) is 33.8 Å². The zero-order valence-corrected chi connectivity index (χ0v) is 19.1. The lowest BCUT2D eigenvalue weighted by Gasteiger charge is -2.26. The number of nitriles is 1. The average molecular weight is 498 g/mol. The number of nitrogens with two attached hydrogens (primary N) is 1. The fourth-order valence-electron chi connectivity index (χ4n) is 3.08. The fraction of sp³-hybridized carbons (Fsp3) is 0.350. The van der Waals surface area contributed by atoms with E-state index in [2.05, 4.69) is 0 Å². The van der Waals surface area contributed by atoms with Crippen molar-refractivity contribution < 1.29 is 36.6 Å². The number of ether oxygens (including phenoxy) is 3. The topological polar surface area (TPSA) is 149 Å². The van der Waals surface area contributed by atoms with Crippen molar-refractivity contribution in [2.24, 2.45) is 0 Å². The lowest BCUT2D eigenvalue weighted by molar-refractivity contribution is 0.0452. The molecule has 2 aromatic rings. The highest BCUT2D eigenvalue weighted by atomic mass is 32.2. The van der Waals surface area contributed by atoms with Gasteiger partial charge in [0.2, 0.25) is 10.0 Å². The molecule has 1 aliphatic rings. The Bertz CT molecular complexity index is 1210. The van der Waals surface area contributed by atoms with Gasteiger partial charge in [-0.3, -0.25) is 0 Å².